The van der Waals surface area contributed by atoms with Crippen LogP contribution in [0, 0.1) is 0 Å². The number of benzene rings is 2. The molecule has 0 aliphatic rings. The number of carboxylic acids is 1. The molecule has 3 atom stereocenters. The molecule has 0 fully saturated rings. The van der Waals surface area contributed by atoms with E-state index in [-0.39, 0.29) is 19.4 Å². The second-order valence-corrected chi connectivity index (χ2v) is 10.6. The van der Waals surface area contributed by atoms with Crippen LogP contribution in [0.1, 0.15) is 17.5 Å². The van der Waals surface area contributed by atoms with Crippen LogP contribution in [0.4, 0.5) is 0 Å². The van der Waals surface area contributed by atoms with Crippen molar-refractivity contribution in [2.24, 2.45) is 5.73 Å². The number of hydrogen-bond acceptors (Lipinski definition) is 7. The highest BCUT2D eigenvalue weighted by molar-refractivity contribution is 7.98. The maximum atomic E-state index is 13.2. The number of aliphatic carboxylic acids is 1. The van der Waals surface area contributed by atoms with Crippen LogP contribution in [0.5, 0.6) is 0 Å². The van der Waals surface area contributed by atoms with Crippen molar-refractivity contribution in [2.75, 3.05) is 25.1 Å². The molecule has 0 aliphatic carbocycles. The number of thioether (sulfide) groups is 1. The van der Waals surface area contributed by atoms with Crippen molar-refractivity contribution in [3.63, 3.8) is 0 Å². The van der Waals surface area contributed by atoms with Gasteiger partial charge < -0.3 is 37.1 Å². The molecule has 0 unspecified atom stereocenters. The van der Waals surface area contributed by atoms with Gasteiger partial charge in [0.05, 0.1) is 19.1 Å². The Kier molecular flexibility index (Phi) is 12.4. The number of hydrogen-bond donors (Lipinski definition) is 7. The lowest BCUT2D eigenvalue weighted by atomic mass is 10.0. The number of nitrogens with two attached hydrogens (primary N) is 1. The minimum Gasteiger partial charge on any atom is -0.480 e. The highest BCUT2D eigenvalue weighted by Gasteiger charge is 2.27. The Bertz CT molecular complexity index is 1380. The quantitative estimate of drug-likeness (QED) is 0.123. The molecule has 0 saturated carbocycles. The first-order valence-corrected chi connectivity index (χ1v) is 14.8. The average molecular weight is 597 g/mol. The van der Waals surface area contributed by atoms with E-state index in [2.05, 4.69) is 26.3 Å². The zero-order valence-corrected chi connectivity index (χ0v) is 24.0. The van der Waals surface area contributed by atoms with Gasteiger partial charge in [-0.3, -0.25) is 19.2 Å². The van der Waals surface area contributed by atoms with Crippen molar-refractivity contribution < 1.29 is 29.1 Å². The van der Waals surface area contributed by atoms with E-state index in [1.54, 1.807) is 6.20 Å². The number of carbonyl (C=O) groups excluding carboxylic acids is 4. The van der Waals surface area contributed by atoms with Gasteiger partial charge in [0, 0.05) is 23.5 Å². The average Bonchev–Trinajstić information content (AvgIpc) is 3.39. The third-order valence-electron chi connectivity index (χ3n) is 6.48. The molecule has 0 saturated heterocycles. The van der Waals surface area contributed by atoms with Crippen molar-refractivity contribution in [3.05, 3.63) is 71.9 Å². The normalized spacial score (nSPS) is 13.0. The Morgan fingerprint density at radius 2 is 1.55 bits per heavy atom. The molecule has 0 aliphatic heterocycles. The predicted octanol–water partition coefficient (Wildman–Crippen LogP) is 0.320. The Morgan fingerprint density at radius 3 is 2.26 bits per heavy atom. The van der Waals surface area contributed by atoms with Gasteiger partial charge in [-0.2, -0.15) is 11.8 Å². The highest BCUT2D eigenvalue weighted by Crippen LogP contribution is 2.19. The summed E-state index contributed by atoms with van der Waals surface area (Å²) in [7, 11) is 0. The molecule has 12 nitrogen and oxygen atoms in total. The number of nitrogens with one attached hydrogen (secondary N) is 5. The number of carbonyl (C=O) groups is 5. The molecule has 1 heterocycles. The largest absolute Gasteiger partial charge is 0.480 e. The van der Waals surface area contributed by atoms with Crippen LogP contribution in [0.15, 0.2) is 60.8 Å². The number of para-hydroxylation sites is 1. The van der Waals surface area contributed by atoms with Crippen molar-refractivity contribution in [1.82, 2.24) is 26.3 Å². The minimum absolute atomic E-state index is 0.0831. The van der Waals surface area contributed by atoms with Gasteiger partial charge in [-0.1, -0.05) is 48.5 Å². The topological polar surface area (TPSA) is 196 Å². The lowest BCUT2D eigenvalue weighted by Gasteiger charge is -2.21. The summed E-state index contributed by atoms with van der Waals surface area (Å²) in [6.45, 7) is -0.846. The van der Waals surface area contributed by atoms with Crippen LogP contribution >= 0.6 is 11.8 Å². The molecule has 0 bridgehead atoms. The fraction of sp³-hybridized carbons (Fsp3) is 0.345. The zero-order valence-electron chi connectivity index (χ0n) is 23.2. The van der Waals surface area contributed by atoms with Crippen molar-refractivity contribution >= 4 is 52.3 Å². The number of amides is 4. The summed E-state index contributed by atoms with van der Waals surface area (Å²) in [6, 6.07) is 13.6. The van der Waals surface area contributed by atoms with Gasteiger partial charge in [0.25, 0.3) is 0 Å². The molecule has 224 valence electrons. The predicted molar refractivity (Wildman–Crippen MR) is 161 cm³/mol. The van der Waals surface area contributed by atoms with Gasteiger partial charge in [-0.05, 0) is 42.0 Å². The monoisotopic (exact) mass is 596 g/mol. The van der Waals surface area contributed by atoms with Crippen LogP contribution in [-0.4, -0.2) is 82.9 Å². The first-order valence-electron chi connectivity index (χ1n) is 13.4. The SMILES string of the molecule is CSCC[C@H](NC(=O)[C@H](Cc1c[nH]c2ccccc12)NC(=O)CNC(=O)CNC(=O)[C@@H](N)Cc1ccccc1)C(=O)O. The molecule has 42 heavy (non-hydrogen) atoms. The lowest BCUT2D eigenvalue weighted by molar-refractivity contribution is -0.142. The maximum Gasteiger partial charge on any atom is 0.326 e. The van der Waals surface area contributed by atoms with E-state index in [1.807, 2.05) is 60.9 Å². The van der Waals surface area contributed by atoms with Crippen LogP contribution in [0.3, 0.4) is 0 Å². The van der Waals surface area contributed by atoms with E-state index in [4.69, 9.17) is 5.73 Å². The summed E-state index contributed by atoms with van der Waals surface area (Å²) in [5.41, 5.74) is 8.40. The third-order valence-corrected chi connectivity index (χ3v) is 7.12. The summed E-state index contributed by atoms with van der Waals surface area (Å²) in [4.78, 5) is 65.3. The van der Waals surface area contributed by atoms with E-state index in [1.165, 1.54) is 11.8 Å². The van der Waals surface area contributed by atoms with Gasteiger partial charge in [-0.25, -0.2) is 4.79 Å². The summed E-state index contributed by atoms with van der Waals surface area (Å²) < 4.78 is 0. The van der Waals surface area contributed by atoms with E-state index in [9.17, 15) is 29.1 Å². The Morgan fingerprint density at radius 1 is 0.857 bits per heavy atom. The van der Waals surface area contributed by atoms with Gasteiger partial charge in [0.1, 0.15) is 12.1 Å². The number of fused-ring (bicyclic) bond motifs is 1. The molecule has 8 N–H and O–H groups in total. The fourth-order valence-electron chi connectivity index (χ4n) is 4.24. The van der Waals surface area contributed by atoms with Crippen LogP contribution in [0.25, 0.3) is 10.9 Å². The molecule has 1 aromatic heterocycles. The molecule has 3 rings (SSSR count). The molecule has 0 spiro atoms. The first kappa shape index (κ1) is 32.2. The van der Waals surface area contributed by atoms with Gasteiger partial charge in [0.2, 0.25) is 23.6 Å². The van der Waals surface area contributed by atoms with Crippen LogP contribution in [0.2, 0.25) is 0 Å². The Balaban J connectivity index is 1.57. The number of aromatic amines is 1. The minimum atomic E-state index is -1.17. The molecular weight excluding hydrogens is 560 g/mol. The van der Waals surface area contributed by atoms with Crippen molar-refractivity contribution in [1.29, 1.82) is 0 Å². The lowest BCUT2D eigenvalue weighted by Crippen LogP contribution is -2.54. The molecule has 2 aromatic carbocycles. The smallest absolute Gasteiger partial charge is 0.326 e. The summed E-state index contributed by atoms with van der Waals surface area (Å²) >= 11 is 1.45. The van der Waals surface area contributed by atoms with E-state index >= 15 is 0 Å². The summed E-state index contributed by atoms with van der Waals surface area (Å²) in [5, 5.41) is 20.4. The maximum absolute atomic E-state index is 13.2. The van der Waals surface area contributed by atoms with Crippen LogP contribution in [-0.2, 0) is 36.8 Å². The van der Waals surface area contributed by atoms with E-state index < -0.39 is 54.3 Å². The standard InChI is InChI=1S/C29H36N6O6S/c1-42-12-11-23(29(40)41)35-28(39)24(14-19-15-31-22-10-6-5-9-20(19)22)34-26(37)17-32-25(36)16-33-27(38)21(30)13-18-7-3-2-4-8-18/h2-10,15,21,23-24,31H,11-14,16-17,30H2,1H3,(H,32,36)(H,33,38)(H,34,37)(H,35,39)(H,40,41)/t21-,23-,24-/m0/s1. The van der Waals surface area contributed by atoms with Crippen molar-refractivity contribution in [2.45, 2.75) is 37.4 Å². The van der Waals surface area contributed by atoms with Crippen LogP contribution < -0.4 is 27.0 Å². The van der Waals surface area contributed by atoms with E-state index in [0.29, 0.717) is 12.2 Å². The number of rotatable bonds is 16. The van der Waals surface area contributed by atoms with Gasteiger partial charge >= 0.3 is 5.97 Å². The molecule has 0 radical (unpaired) electrons. The van der Waals surface area contributed by atoms with Gasteiger partial charge in [0.15, 0.2) is 0 Å². The number of aromatic nitrogens is 1. The zero-order chi connectivity index (χ0) is 30.5. The van der Waals surface area contributed by atoms with E-state index in [0.717, 1.165) is 22.0 Å². The van der Waals surface area contributed by atoms with Gasteiger partial charge in [-0.15, -0.1) is 0 Å². The highest BCUT2D eigenvalue weighted by atomic mass is 32.2. The summed E-state index contributed by atoms with van der Waals surface area (Å²) in [6.07, 6.45) is 4.16. The number of H-pyrrole nitrogens is 1. The molecule has 13 heteroatoms. The Labute approximate surface area is 247 Å². The summed E-state index contributed by atoms with van der Waals surface area (Å²) in [5.74, 6) is -3.10. The molecule has 3 aromatic rings. The molecular formula is C29H36N6O6S. The second kappa shape index (κ2) is 16.2. The van der Waals surface area contributed by atoms with Crippen molar-refractivity contribution in [3.8, 4) is 0 Å². The fourth-order valence-corrected chi connectivity index (χ4v) is 4.71. The first-order chi connectivity index (χ1) is 20.2. The Hall–Kier alpha value is -4.36. The number of carboxylic acid groups (broad SMARTS) is 1. The third kappa shape index (κ3) is 9.93. The second-order valence-electron chi connectivity index (χ2n) is 9.66. The molecule has 4 amide bonds.